The van der Waals surface area contributed by atoms with Gasteiger partial charge in [-0.2, -0.15) is 0 Å². The summed E-state index contributed by atoms with van der Waals surface area (Å²) < 4.78 is 0. The smallest absolute Gasteiger partial charge is 0.0228 e. The van der Waals surface area contributed by atoms with Crippen molar-refractivity contribution in [2.24, 2.45) is 5.92 Å². The van der Waals surface area contributed by atoms with Gasteiger partial charge in [-0.05, 0) is 54.7 Å². The predicted molar refractivity (Wildman–Crippen MR) is 127 cm³/mol. The number of aryl methyl sites for hydroxylation is 1. The molecule has 0 fully saturated rings. The third kappa shape index (κ3) is 9.44. The lowest BCUT2D eigenvalue weighted by Crippen LogP contribution is -2.05. The molecule has 0 N–H and O–H groups in total. The Hall–Kier alpha value is -1.04. The van der Waals surface area contributed by atoms with E-state index < -0.39 is 0 Å². The van der Waals surface area contributed by atoms with Crippen molar-refractivity contribution in [3.8, 4) is 0 Å². The number of benzene rings is 1. The third-order valence-electron chi connectivity index (χ3n) is 6.63. The highest BCUT2D eigenvalue weighted by molar-refractivity contribution is 5.66. The third-order valence-corrected chi connectivity index (χ3v) is 6.63. The first-order valence-electron chi connectivity index (χ1n) is 12.6. The van der Waals surface area contributed by atoms with E-state index in [9.17, 15) is 0 Å². The van der Waals surface area contributed by atoms with Crippen molar-refractivity contribution in [3.63, 3.8) is 0 Å². The van der Waals surface area contributed by atoms with Gasteiger partial charge in [0.05, 0.1) is 0 Å². The summed E-state index contributed by atoms with van der Waals surface area (Å²) in [4.78, 5) is 0. The monoisotopic (exact) mass is 382 g/mol. The van der Waals surface area contributed by atoms with E-state index in [0.29, 0.717) is 0 Å². The van der Waals surface area contributed by atoms with Gasteiger partial charge >= 0.3 is 0 Å². The van der Waals surface area contributed by atoms with Crippen LogP contribution in [0.5, 0.6) is 0 Å². The molecular weight excluding hydrogens is 336 g/mol. The van der Waals surface area contributed by atoms with Gasteiger partial charge in [0.15, 0.2) is 0 Å². The first-order chi connectivity index (χ1) is 13.8. The Morgan fingerprint density at radius 3 is 1.93 bits per heavy atom. The van der Waals surface area contributed by atoms with Gasteiger partial charge in [-0.25, -0.2) is 0 Å². The molecule has 0 spiro atoms. The fraction of sp³-hybridized carbons (Fsp3) is 0.714. The lowest BCUT2D eigenvalue weighted by Gasteiger charge is -2.22. The van der Waals surface area contributed by atoms with Crippen LogP contribution in [0.15, 0.2) is 30.3 Å². The Morgan fingerprint density at radius 1 is 0.714 bits per heavy atom. The van der Waals surface area contributed by atoms with Crippen molar-refractivity contribution < 1.29 is 0 Å². The molecule has 158 valence electrons. The van der Waals surface area contributed by atoms with Gasteiger partial charge in [-0.3, -0.25) is 0 Å². The maximum absolute atomic E-state index is 2.55. The molecule has 0 nitrogen and oxygen atoms in total. The molecule has 0 amide bonds. The van der Waals surface area contributed by atoms with E-state index in [-0.39, 0.29) is 0 Å². The molecule has 0 saturated carbocycles. The van der Waals surface area contributed by atoms with Crippen molar-refractivity contribution in [2.45, 2.75) is 123 Å². The number of unbranched alkanes of at least 4 members (excludes halogenated alkanes) is 10. The quantitative estimate of drug-likeness (QED) is 0.265. The van der Waals surface area contributed by atoms with Crippen LogP contribution in [0.2, 0.25) is 0 Å². The zero-order chi connectivity index (χ0) is 19.9. The van der Waals surface area contributed by atoms with Crippen LogP contribution >= 0.6 is 0 Å². The average Bonchev–Trinajstić information content (AvgIpc) is 2.74. The minimum absolute atomic E-state index is 0.946. The standard InChI is InChI=1S/C28H46/c1-3-5-7-9-11-13-15-25-17-21-27(22-18-25)28-23-19-26(20-24-28)16-14-12-10-8-6-4-2/h17-18,21-23,26H,3-16,19-20,24H2,1-2H3. The molecule has 1 aliphatic rings. The summed E-state index contributed by atoms with van der Waals surface area (Å²) >= 11 is 0. The minimum atomic E-state index is 0.946. The van der Waals surface area contributed by atoms with Crippen LogP contribution in [0.4, 0.5) is 0 Å². The molecule has 28 heavy (non-hydrogen) atoms. The van der Waals surface area contributed by atoms with Crippen LogP contribution in [0.3, 0.4) is 0 Å². The van der Waals surface area contributed by atoms with E-state index >= 15 is 0 Å². The van der Waals surface area contributed by atoms with Gasteiger partial charge in [0.25, 0.3) is 0 Å². The molecule has 0 aromatic heterocycles. The Morgan fingerprint density at radius 2 is 1.32 bits per heavy atom. The maximum Gasteiger partial charge on any atom is -0.0228 e. The summed E-state index contributed by atoms with van der Waals surface area (Å²) in [7, 11) is 0. The second-order valence-electron chi connectivity index (χ2n) is 9.14. The van der Waals surface area contributed by atoms with Crippen LogP contribution < -0.4 is 0 Å². The van der Waals surface area contributed by atoms with Gasteiger partial charge in [-0.1, -0.05) is 121 Å². The van der Waals surface area contributed by atoms with E-state index in [0.717, 1.165) is 5.92 Å². The molecule has 0 bridgehead atoms. The lowest BCUT2D eigenvalue weighted by molar-refractivity contribution is 0.423. The Balaban J connectivity index is 1.63. The molecule has 2 rings (SSSR count). The highest BCUT2D eigenvalue weighted by atomic mass is 14.2. The van der Waals surface area contributed by atoms with Crippen molar-refractivity contribution in [2.75, 3.05) is 0 Å². The van der Waals surface area contributed by atoms with Crippen LogP contribution in [-0.4, -0.2) is 0 Å². The van der Waals surface area contributed by atoms with Gasteiger partial charge in [-0.15, -0.1) is 0 Å². The zero-order valence-corrected chi connectivity index (χ0v) is 19.0. The number of hydrogen-bond donors (Lipinski definition) is 0. The van der Waals surface area contributed by atoms with E-state index in [1.165, 1.54) is 120 Å². The minimum Gasteiger partial charge on any atom is -0.0804 e. The molecule has 0 heterocycles. The summed E-state index contributed by atoms with van der Waals surface area (Å²) in [5.74, 6) is 0.946. The van der Waals surface area contributed by atoms with Crippen molar-refractivity contribution >= 4 is 5.57 Å². The van der Waals surface area contributed by atoms with Crippen LogP contribution in [-0.2, 0) is 6.42 Å². The van der Waals surface area contributed by atoms with Crippen LogP contribution in [0.25, 0.3) is 5.57 Å². The van der Waals surface area contributed by atoms with Gasteiger partial charge in [0, 0.05) is 0 Å². The highest BCUT2D eigenvalue weighted by Gasteiger charge is 2.15. The first-order valence-corrected chi connectivity index (χ1v) is 12.6. The molecule has 0 saturated heterocycles. The largest absolute Gasteiger partial charge is 0.0804 e. The van der Waals surface area contributed by atoms with E-state index in [4.69, 9.17) is 0 Å². The average molecular weight is 383 g/mol. The maximum atomic E-state index is 2.55. The van der Waals surface area contributed by atoms with Crippen molar-refractivity contribution in [1.82, 2.24) is 0 Å². The number of rotatable bonds is 15. The molecule has 1 atom stereocenters. The second kappa shape index (κ2) is 14.9. The lowest BCUT2D eigenvalue weighted by atomic mass is 9.83. The summed E-state index contributed by atoms with van der Waals surface area (Å²) in [6.07, 6.45) is 26.2. The molecule has 0 radical (unpaired) electrons. The summed E-state index contributed by atoms with van der Waals surface area (Å²) in [5.41, 5.74) is 4.60. The van der Waals surface area contributed by atoms with Crippen molar-refractivity contribution in [3.05, 3.63) is 41.5 Å². The normalized spacial score (nSPS) is 16.9. The number of hydrogen-bond acceptors (Lipinski definition) is 0. The zero-order valence-electron chi connectivity index (χ0n) is 19.0. The fourth-order valence-electron chi connectivity index (χ4n) is 4.62. The first kappa shape index (κ1) is 23.2. The van der Waals surface area contributed by atoms with Crippen molar-refractivity contribution in [1.29, 1.82) is 0 Å². The van der Waals surface area contributed by atoms with E-state index in [1.54, 1.807) is 5.57 Å². The molecule has 1 aromatic carbocycles. The SMILES string of the molecule is CCCCCCCCc1ccc(C2=CCC(CCCCCCCC)CC2)cc1. The van der Waals surface area contributed by atoms with Gasteiger partial charge in [0.1, 0.15) is 0 Å². The molecular formula is C28H46. The topological polar surface area (TPSA) is 0 Å². The Labute approximate surface area is 176 Å². The highest BCUT2D eigenvalue weighted by Crippen LogP contribution is 2.33. The number of allylic oxidation sites excluding steroid dienone is 2. The van der Waals surface area contributed by atoms with Crippen LogP contribution in [0, 0.1) is 5.92 Å². The fourth-order valence-corrected chi connectivity index (χ4v) is 4.62. The molecule has 1 aromatic rings. The van der Waals surface area contributed by atoms with Gasteiger partial charge in [0.2, 0.25) is 0 Å². The molecule has 0 heteroatoms. The van der Waals surface area contributed by atoms with E-state index in [1.807, 2.05) is 0 Å². The summed E-state index contributed by atoms with van der Waals surface area (Å²) in [6.45, 7) is 4.59. The van der Waals surface area contributed by atoms with Gasteiger partial charge < -0.3 is 0 Å². The summed E-state index contributed by atoms with van der Waals surface area (Å²) in [5, 5.41) is 0. The second-order valence-corrected chi connectivity index (χ2v) is 9.14. The van der Waals surface area contributed by atoms with Crippen LogP contribution in [0.1, 0.15) is 128 Å². The summed E-state index contributed by atoms with van der Waals surface area (Å²) in [6, 6.07) is 9.52. The Kier molecular flexibility index (Phi) is 12.4. The van der Waals surface area contributed by atoms with E-state index in [2.05, 4.69) is 44.2 Å². The molecule has 1 unspecified atom stereocenters. The predicted octanol–water partition coefficient (Wildman–Crippen LogP) is 9.52. The molecule has 1 aliphatic carbocycles. The molecule has 0 aliphatic heterocycles. The Bertz CT molecular complexity index is 521.